The van der Waals surface area contributed by atoms with Crippen molar-refractivity contribution in [3.05, 3.63) is 24.3 Å². The van der Waals surface area contributed by atoms with Gasteiger partial charge in [0.2, 0.25) is 5.95 Å². The lowest BCUT2D eigenvalue weighted by Gasteiger charge is -2.18. The van der Waals surface area contributed by atoms with Crippen LogP contribution < -0.4 is 16.6 Å². The Morgan fingerprint density at radius 3 is 2.60 bits per heavy atom. The maximum Gasteiger partial charge on any atom is 0.391 e. The second-order valence-electron chi connectivity index (χ2n) is 4.42. The van der Waals surface area contributed by atoms with E-state index in [1.54, 1.807) is 24.3 Å². The van der Waals surface area contributed by atoms with Crippen LogP contribution in [-0.2, 0) is 0 Å². The first-order valence-electron chi connectivity index (χ1n) is 5.96. The van der Waals surface area contributed by atoms with Crippen molar-refractivity contribution in [2.24, 2.45) is 5.84 Å². The van der Waals surface area contributed by atoms with Crippen LogP contribution in [0.2, 0.25) is 0 Å². The molecule has 0 aliphatic heterocycles. The quantitative estimate of drug-likeness (QED) is 0.595. The number of anilines is 2. The summed E-state index contributed by atoms with van der Waals surface area (Å²) in [5.41, 5.74) is 2.89. The molecule has 4 N–H and O–H groups in total. The molecule has 0 radical (unpaired) electrons. The van der Waals surface area contributed by atoms with E-state index in [0.29, 0.717) is 16.7 Å². The van der Waals surface area contributed by atoms with Crippen LogP contribution in [0.4, 0.5) is 24.9 Å². The molecule has 0 saturated heterocycles. The van der Waals surface area contributed by atoms with Gasteiger partial charge < -0.3 is 5.32 Å². The van der Waals surface area contributed by atoms with Gasteiger partial charge in [-0.1, -0.05) is 12.1 Å². The monoisotopic (exact) mass is 285 g/mol. The van der Waals surface area contributed by atoms with Gasteiger partial charge in [-0.05, 0) is 19.1 Å². The number of hydrogen-bond donors (Lipinski definition) is 3. The number of halogens is 3. The van der Waals surface area contributed by atoms with Crippen molar-refractivity contribution < 1.29 is 13.2 Å². The van der Waals surface area contributed by atoms with Crippen molar-refractivity contribution in [3.8, 4) is 0 Å². The third-order valence-corrected chi connectivity index (χ3v) is 2.65. The third-order valence-electron chi connectivity index (χ3n) is 2.65. The molecule has 1 aromatic heterocycles. The van der Waals surface area contributed by atoms with Gasteiger partial charge in [-0.25, -0.2) is 10.8 Å². The summed E-state index contributed by atoms with van der Waals surface area (Å²) in [5.74, 6) is 5.72. The normalized spacial score (nSPS) is 13.2. The van der Waals surface area contributed by atoms with Crippen LogP contribution >= 0.6 is 0 Å². The van der Waals surface area contributed by atoms with Crippen molar-refractivity contribution in [2.45, 2.75) is 25.6 Å². The number of nitrogens with one attached hydrogen (secondary N) is 2. The molecule has 1 aromatic carbocycles. The van der Waals surface area contributed by atoms with Gasteiger partial charge in [0.05, 0.1) is 11.9 Å². The van der Waals surface area contributed by atoms with Crippen LogP contribution in [0.1, 0.15) is 13.3 Å². The topological polar surface area (TPSA) is 75.9 Å². The minimum atomic E-state index is -4.23. The SMILES string of the molecule is CC(CC(F)(F)F)Nc1nc(NN)nc2ccccc12. The van der Waals surface area contributed by atoms with Gasteiger partial charge in [-0.3, -0.25) is 5.43 Å². The van der Waals surface area contributed by atoms with E-state index in [0.717, 1.165) is 0 Å². The fourth-order valence-electron chi connectivity index (χ4n) is 1.88. The Morgan fingerprint density at radius 1 is 1.25 bits per heavy atom. The molecular formula is C12H14F3N5. The largest absolute Gasteiger partial charge is 0.391 e. The molecule has 0 aliphatic carbocycles. The van der Waals surface area contributed by atoms with Gasteiger partial charge in [0.1, 0.15) is 5.82 Å². The van der Waals surface area contributed by atoms with Crippen LogP contribution in [0.3, 0.4) is 0 Å². The number of hydrogen-bond acceptors (Lipinski definition) is 5. The molecule has 0 bridgehead atoms. The van der Waals surface area contributed by atoms with Gasteiger partial charge in [-0.2, -0.15) is 18.2 Å². The summed E-state index contributed by atoms with van der Waals surface area (Å²) in [5, 5.41) is 3.39. The highest BCUT2D eigenvalue weighted by atomic mass is 19.4. The van der Waals surface area contributed by atoms with E-state index in [1.807, 2.05) is 0 Å². The zero-order valence-electron chi connectivity index (χ0n) is 10.7. The van der Waals surface area contributed by atoms with E-state index in [-0.39, 0.29) is 5.95 Å². The summed E-state index contributed by atoms with van der Waals surface area (Å²) in [6.07, 6.45) is -5.18. The van der Waals surface area contributed by atoms with Crippen LogP contribution in [0.15, 0.2) is 24.3 Å². The molecule has 0 saturated carbocycles. The molecule has 0 amide bonds. The van der Waals surface area contributed by atoms with Gasteiger partial charge in [0.15, 0.2) is 0 Å². The summed E-state index contributed by atoms with van der Waals surface area (Å²) >= 11 is 0. The molecular weight excluding hydrogens is 271 g/mol. The molecule has 20 heavy (non-hydrogen) atoms. The number of rotatable bonds is 4. The summed E-state index contributed by atoms with van der Waals surface area (Å²) < 4.78 is 37.1. The van der Waals surface area contributed by atoms with Crippen molar-refractivity contribution in [1.82, 2.24) is 9.97 Å². The van der Waals surface area contributed by atoms with Gasteiger partial charge in [0.25, 0.3) is 0 Å². The molecule has 8 heteroatoms. The molecule has 1 atom stereocenters. The van der Waals surface area contributed by atoms with Crippen molar-refractivity contribution in [1.29, 1.82) is 0 Å². The number of nitrogens with zero attached hydrogens (tertiary/aromatic N) is 2. The molecule has 1 unspecified atom stereocenters. The summed E-state index contributed by atoms with van der Waals surface area (Å²) in [6.45, 7) is 1.44. The maximum absolute atomic E-state index is 12.4. The second-order valence-corrected chi connectivity index (χ2v) is 4.42. The summed E-state index contributed by atoms with van der Waals surface area (Å²) in [7, 11) is 0. The molecule has 2 aromatic rings. The Hall–Kier alpha value is -2.09. The Bertz CT molecular complexity index is 599. The molecule has 0 spiro atoms. The predicted molar refractivity (Wildman–Crippen MR) is 71.1 cm³/mol. The summed E-state index contributed by atoms with van der Waals surface area (Å²) in [6, 6.07) is 6.20. The van der Waals surface area contributed by atoms with E-state index >= 15 is 0 Å². The highest BCUT2D eigenvalue weighted by molar-refractivity contribution is 5.90. The third kappa shape index (κ3) is 3.47. The van der Waals surface area contributed by atoms with Gasteiger partial charge >= 0.3 is 6.18 Å². The molecule has 1 heterocycles. The zero-order valence-corrected chi connectivity index (χ0v) is 10.7. The van der Waals surface area contributed by atoms with E-state index in [4.69, 9.17) is 5.84 Å². The highest BCUT2D eigenvalue weighted by Gasteiger charge is 2.30. The van der Waals surface area contributed by atoms with E-state index in [9.17, 15) is 13.2 Å². The van der Waals surface area contributed by atoms with Crippen LogP contribution in [0.5, 0.6) is 0 Å². The minimum absolute atomic E-state index is 0.144. The van der Waals surface area contributed by atoms with Crippen LogP contribution in [0.25, 0.3) is 10.9 Å². The Morgan fingerprint density at radius 2 is 1.95 bits per heavy atom. The van der Waals surface area contributed by atoms with Crippen molar-refractivity contribution >= 4 is 22.7 Å². The number of benzene rings is 1. The van der Waals surface area contributed by atoms with Gasteiger partial charge in [0, 0.05) is 11.4 Å². The average molecular weight is 285 g/mol. The fourth-order valence-corrected chi connectivity index (χ4v) is 1.88. The van der Waals surface area contributed by atoms with Crippen molar-refractivity contribution in [2.75, 3.05) is 10.7 Å². The first kappa shape index (κ1) is 14.3. The molecule has 5 nitrogen and oxygen atoms in total. The minimum Gasteiger partial charge on any atom is -0.367 e. The number of nitrogen functional groups attached to an aromatic ring is 1. The van der Waals surface area contributed by atoms with Crippen molar-refractivity contribution in [3.63, 3.8) is 0 Å². The van der Waals surface area contributed by atoms with E-state index in [1.165, 1.54) is 6.92 Å². The lowest BCUT2D eigenvalue weighted by atomic mass is 10.2. The smallest absolute Gasteiger partial charge is 0.367 e. The van der Waals surface area contributed by atoms with Crippen LogP contribution in [-0.4, -0.2) is 22.2 Å². The standard InChI is InChI=1S/C12H14F3N5/c1-7(6-12(13,14)15)17-10-8-4-2-3-5-9(8)18-11(19-10)20-16/h2-5,7H,6,16H2,1H3,(H2,17,18,19,20). The van der Waals surface area contributed by atoms with E-state index < -0.39 is 18.6 Å². The summed E-state index contributed by atoms with van der Waals surface area (Å²) in [4.78, 5) is 8.19. The highest BCUT2D eigenvalue weighted by Crippen LogP contribution is 2.26. The number of alkyl halides is 3. The van der Waals surface area contributed by atoms with Gasteiger partial charge in [-0.15, -0.1) is 0 Å². The first-order valence-corrected chi connectivity index (χ1v) is 5.96. The Kier molecular flexibility index (Phi) is 3.93. The number of para-hydroxylation sites is 1. The Labute approximate surface area is 113 Å². The predicted octanol–water partition coefficient (Wildman–Crippen LogP) is 2.67. The van der Waals surface area contributed by atoms with E-state index in [2.05, 4.69) is 20.7 Å². The first-order chi connectivity index (χ1) is 9.39. The number of fused-ring (bicyclic) bond motifs is 1. The number of hydrazine groups is 1. The molecule has 0 aliphatic rings. The zero-order chi connectivity index (χ0) is 14.8. The lowest BCUT2D eigenvalue weighted by molar-refractivity contribution is -0.136. The number of nitrogens with two attached hydrogens (primary N) is 1. The average Bonchev–Trinajstić information content (AvgIpc) is 2.36. The lowest BCUT2D eigenvalue weighted by Crippen LogP contribution is -2.25. The number of aromatic nitrogens is 2. The second kappa shape index (κ2) is 5.49. The fraction of sp³-hybridized carbons (Fsp3) is 0.333. The maximum atomic E-state index is 12.4. The molecule has 0 fully saturated rings. The Balaban J connectivity index is 2.33. The van der Waals surface area contributed by atoms with Crippen LogP contribution in [0, 0.1) is 0 Å². The molecule has 108 valence electrons. The molecule has 2 rings (SSSR count).